The average Bonchev–Trinajstić information content (AvgIpc) is 2.61. The van der Waals surface area contributed by atoms with Crippen LogP contribution >= 0.6 is 27.5 Å². The Bertz CT molecular complexity index is 755. The molecule has 0 saturated carbocycles. The van der Waals surface area contributed by atoms with Crippen molar-refractivity contribution in [3.05, 3.63) is 39.1 Å². The first-order valence-corrected chi connectivity index (χ1v) is 9.55. The molecule has 0 N–H and O–H groups in total. The first kappa shape index (κ1) is 23.8. The van der Waals surface area contributed by atoms with Gasteiger partial charge in [-0.3, -0.25) is 9.69 Å². The summed E-state index contributed by atoms with van der Waals surface area (Å²) in [6, 6.07) is 1.82. The van der Waals surface area contributed by atoms with Gasteiger partial charge in [0.05, 0.1) is 29.4 Å². The van der Waals surface area contributed by atoms with Crippen LogP contribution in [-0.4, -0.2) is 50.2 Å². The minimum absolute atomic E-state index is 0.0465. The number of hydrogen-bond donors (Lipinski definition) is 0. The first-order valence-electron chi connectivity index (χ1n) is 8.38. The number of benzene rings is 1. The predicted molar refractivity (Wildman–Crippen MR) is 98.7 cm³/mol. The van der Waals surface area contributed by atoms with E-state index >= 15 is 0 Å². The Kier molecular flexibility index (Phi) is 8.24. The molecule has 1 fully saturated rings. The van der Waals surface area contributed by atoms with Crippen molar-refractivity contribution in [2.24, 2.45) is 0 Å². The van der Waals surface area contributed by atoms with Gasteiger partial charge in [-0.05, 0) is 28.1 Å². The van der Waals surface area contributed by atoms with Crippen LogP contribution < -0.4 is 4.90 Å². The van der Waals surface area contributed by atoms with E-state index in [1.54, 1.807) is 9.80 Å². The second-order valence-corrected chi connectivity index (χ2v) is 7.45. The molecule has 162 valence electrons. The smallest absolute Gasteiger partial charge is 0.416 e. The molecule has 4 nitrogen and oxygen atoms in total. The molecule has 2 rings (SSSR count). The van der Waals surface area contributed by atoms with E-state index in [0.29, 0.717) is 31.9 Å². The Morgan fingerprint density at radius 2 is 1.76 bits per heavy atom. The zero-order chi connectivity index (χ0) is 21.8. The van der Waals surface area contributed by atoms with Crippen LogP contribution in [0, 0.1) is 0 Å². The van der Waals surface area contributed by atoms with Crippen LogP contribution in [0.25, 0.3) is 0 Å². The Hall–Kier alpha value is -1.46. The molecule has 0 aromatic heterocycles. The van der Waals surface area contributed by atoms with Gasteiger partial charge in [0.15, 0.2) is 5.83 Å². The van der Waals surface area contributed by atoms with Crippen molar-refractivity contribution in [1.82, 2.24) is 4.90 Å². The summed E-state index contributed by atoms with van der Waals surface area (Å²) in [5, 5.41) is -0.0465. The Balaban J connectivity index is 1.88. The third-order valence-electron chi connectivity index (χ3n) is 4.18. The summed E-state index contributed by atoms with van der Waals surface area (Å²) < 4.78 is 80.0. The maximum absolute atomic E-state index is 12.9. The molecule has 1 saturated heterocycles. The number of anilines is 1. The Morgan fingerprint density at radius 1 is 1.14 bits per heavy atom. The van der Waals surface area contributed by atoms with Gasteiger partial charge in [0.1, 0.15) is 0 Å². The van der Waals surface area contributed by atoms with E-state index in [1.807, 2.05) is 0 Å². The van der Waals surface area contributed by atoms with Crippen molar-refractivity contribution >= 4 is 39.2 Å². The van der Waals surface area contributed by atoms with Gasteiger partial charge in [-0.2, -0.15) is 22.0 Å². The Labute approximate surface area is 176 Å². The number of alkyl halides is 3. The summed E-state index contributed by atoms with van der Waals surface area (Å²) in [5.41, 5.74) is -0.434. The lowest BCUT2D eigenvalue weighted by Crippen LogP contribution is -2.48. The first-order chi connectivity index (χ1) is 13.5. The quantitative estimate of drug-likeness (QED) is 0.387. The SMILES string of the molecule is O=C(CN1CCN(c2c(Cl)cc(C(F)(F)F)cc2Br)CC1)OCCC(F)=C(F)F. The van der Waals surface area contributed by atoms with Crippen molar-refractivity contribution < 1.29 is 35.9 Å². The molecule has 1 aromatic rings. The second-order valence-electron chi connectivity index (χ2n) is 6.19. The van der Waals surface area contributed by atoms with Crippen LogP contribution in [0.4, 0.5) is 32.0 Å². The van der Waals surface area contributed by atoms with E-state index in [2.05, 4.69) is 15.9 Å². The minimum atomic E-state index is -4.52. The molecule has 0 aliphatic carbocycles. The largest absolute Gasteiger partial charge is 0.464 e. The molecule has 0 spiro atoms. The lowest BCUT2D eigenvalue weighted by atomic mass is 10.1. The zero-order valence-electron chi connectivity index (χ0n) is 14.8. The fraction of sp³-hybridized carbons (Fsp3) is 0.471. The van der Waals surface area contributed by atoms with E-state index in [4.69, 9.17) is 16.3 Å². The number of rotatable bonds is 6. The number of halogens is 8. The van der Waals surface area contributed by atoms with E-state index in [9.17, 15) is 31.1 Å². The molecule has 0 amide bonds. The fourth-order valence-corrected chi connectivity index (χ4v) is 3.90. The summed E-state index contributed by atoms with van der Waals surface area (Å²) in [6.07, 6.45) is -7.65. The van der Waals surface area contributed by atoms with E-state index in [-0.39, 0.29) is 16.0 Å². The Morgan fingerprint density at radius 3 is 2.28 bits per heavy atom. The number of carbonyl (C=O) groups is 1. The van der Waals surface area contributed by atoms with Crippen LogP contribution in [0.1, 0.15) is 12.0 Å². The molecule has 0 unspecified atom stereocenters. The summed E-state index contributed by atoms with van der Waals surface area (Å²) in [6.45, 7) is 0.969. The minimum Gasteiger partial charge on any atom is -0.464 e. The van der Waals surface area contributed by atoms with Crippen LogP contribution in [-0.2, 0) is 15.7 Å². The zero-order valence-corrected chi connectivity index (χ0v) is 17.2. The normalized spacial score (nSPS) is 15.4. The highest BCUT2D eigenvalue weighted by Gasteiger charge is 2.33. The summed E-state index contributed by atoms with van der Waals surface area (Å²) in [5.74, 6) is -2.30. The molecule has 12 heteroatoms. The van der Waals surface area contributed by atoms with Crippen LogP contribution in [0.15, 0.2) is 28.5 Å². The van der Waals surface area contributed by atoms with Crippen molar-refractivity contribution in [2.45, 2.75) is 12.6 Å². The summed E-state index contributed by atoms with van der Waals surface area (Å²) >= 11 is 9.18. The molecule has 1 aliphatic heterocycles. The molecular formula is C17H16BrClF6N2O2. The van der Waals surface area contributed by atoms with Gasteiger partial charge in [-0.1, -0.05) is 11.6 Å². The monoisotopic (exact) mass is 508 g/mol. The van der Waals surface area contributed by atoms with Gasteiger partial charge in [0.25, 0.3) is 0 Å². The van der Waals surface area contributed by atoms with Gasteiger partial charge in [-0.15, -0.1) is 0 Å². The van der Waals surface area contributed by atoms with Crippen molar-refractivity contribution in [3.63, 3.8) is 0 Å². The number of esters is 1. The number of piperazine rings is 1. The lowest BCUT2D eigenvalue weighted by molar-refractivity contribution is -0.145. The van der Waals surface area contributed by atoms with Gasteiger partial charge in [0, 0.05) is 37.1 Å². The van der Waals surface area contributed by atoms with Crippen molar-refractivity contribution in [1.29, 1.82) is 0 Å². The van der Waals surface area contributed by atoms with Crippen molar-refractivity contribution in [2.75, 3.05) is 44.2 Å². The van der Waals surface area contributed by atoms with Crippen LogP contribution in [0.3, 0.4) is 0 Å². The van der Waals surface area contributed by atoms with E-state index < -0.39 is 42.6 Å². The number of hydrogen-bond acceptors (Lipinski definition) is 4. The second kappa shape index (κ2) is 10.0. The third-order valence-corrected chi connectivity index (χ3v) is 5.07. The molecule has 1 aliphatic rings. The van der Waals surface area contributed by atoms with Crippen LogP contribution in [0.5, 0.6) is 0 Å². The predicted octanol–water partition coefficient (Wildman–Crippen LogP) is 5.25. The topological polar surface area (TPSA) is 32.8 Å². The molecule has 1 heterocycles. The number of ether oxygens (including phenoxy) is 1. The maximum atomic E-state index is 12.9. The van der Waals surface area contributed by atoms with Gasteiger partial charge >= 0.3 is 18.2 Å². The molecule has 1 aromatic carbocycles. The average molecular weight is 510 g/mol. The number of nitrogens with zero attached hydrogens (tertiary/aromatic N) is 2. The van der Waals surface area contributed by atoms with E-state index in [1.165, 1.54) is 0 Å². The molecule has 0 bridgehead atoms. The third kappa shape index (κ3) is 6.78. The summed E-state index contributed by atoms with van der Waals surface area (Å²) in [7, 11) is 0. The van der Waals surface area contributed by atoms with Gasteiger partial charge in [0.2, 0.25) is 0 Å². The highest BCUT2D eigenvalue weighted by Crippen LogP contribution is 2.40. The van der Waals surface area contributed by atoms with Gasteiger partial charge < -0.3 is 9.64 Å². The van der Waals surface area contributed by atoms with E-state index in [0.717, 1.165) is 12.1 Å². The maximum Gasteiger partial charge on any atom is 0.416 e. The van der Waals surface area contributed by atoms with Crippen LogP contribution in [0.2, 0.25) is 5.02 Å². The highest BCUT2D eigenvalue weighted by atomic mass is 79.9. The summed E-state index contributed by atoms with van der Waals surface area (Å²) in [4.78, 5) is 15.2. The molecule has 0 radical (unpaired) electrons. The molecule has 0 atom stereocenters. The highest BCUT2D eigenvalue weighted by molar-refractivity contribution is 9.10. The molecular weight excluding hydrogens is 494 g/mol. The molecule has 29 heavy (non-hydrogen) atoms. The standard InChI is InChI=1S/C17H16BrClF6N2O2/c18-11-7-10(17(23,24)25)8-12(19)15(11)27-4-2-26(3-5-27)9-14(28)29-6-1-13(20)16(21)22/h7-8H,1-6,9H2. The van der Waals surface area contributed by atoms with Crippen molar-refractivity contribution in [3.8, 4) is 0 Å². The lowest BCUT2D eigenvalue weighted by Gasteiger charge is -2.36. The fourth-order valence-electron chi connectivity index (χ4n) is 2.74. The number of carbonyl (C=O) groups excluding carboxylic acids is 1. The van der Waals surface area contributed by atoms with Gasteiger partial charge in [-0.25, -0.2) is 4.39 Å².